The highest BCUT2D eigenvalue weighted by Gasteiger charge is 2.10. The first kappa shape index (κ1) is 16.7. The quantitative estimate of drug-likeness (QED) is 0.788. The molecular weight excluding hydrogens is 349 g/mol. The van der Waals surface area contributed by atoms with Crippen LogP contribution in [0.25, 0.3) is 0 Å². The van der Waals surface area contributed by atoms with Crippen molar-refractivity contribution in [2.75, 3.05) is 19.0 Å². The summed E-state index contributed by atoms with van der Waals surface area (Å²) < 4.78 is 10.5. The van der Waals surface area contributed by atoms with Crippen molar-refractivity contribution in [3.05, 3.63) is 51.5 Å². The predicted octanol–water partition coefficient (Wildman–Crippen LogP) is 4.67. The van der Waals surface area contributed by atoms with Crippen LogP contribution in [0.1, 0.15) is 0 Å². The van der Waals surface area contributed by atoms with Crippen LogP contribution in [-0.4, -0.2) is 19.6 Å². The minimum atomic E-state index is -0.372. The van der Waals surface area contributed by atoms with Gasteiger partial charge in [-0.3, -0.25) is 4.79 Å². The maximum Gasteiger partial charge on any atom is 0.262 e. The van der Waals surface area contributed by atoms with E-state index in [1.54, 1.807) is 31.4 Å². The van der Waals surface area contributed by atoms with Crippen molar-refractivity contribution in [2.45, 2.75) is 0 Å². The minimum absolute atomic E-state index is 0.177. The van der Waals surface area contributed by atoms with Gasteiger partial charge in [0.2, 0.25) is 0 Å². The van der Waals surface area contributed by atoms with Crippen LogP contribution in [0.4, 0.5) is 5.69 Å². The van der Waals surface area contributed by atoms with Gasteiger partial charge in [-0.05, 0) is 24.3 Å². The van der Waals surface area contributed by atoms with Gasteiger partial charge in [0, 0.05) is 6.07 Å². The number of hydrogen-bond acceptors (Lipinski definition) is 3. The van der Waals surface area contributed by atoms with Gasteiger partial charge in [-0.25, -0.2) is 0 Å². The molecule has 0 aliphatic heterocycles. The van der Waals surface area contributed by atoms with E-state index in [0.29, 0.717) is 32.3 Å². The highest BCUT2D eigenvalue weighted by Crippen LogP contribution is 2.32. The summed E-state index contributed by atoms with van der Waals surface area (Å²) in [4.78, 5) is 11.9. The number of ether oxygens (including phenoxy) is 2. The maximum atomic E-state index is 11.9. The summed E-state index contributed by atoms with van der Waals surface area (Å²) >= 11 is 17.7. The Labute approximate surface area is 142 Å². The van der Waals surface area contributed by atoms with E-state index < -0.39 is 0 Å². The molecule has 116 valence electrons. The van der Waals surface area contributed by atoms with E-state index in [1.807, 2.05) is 0 Å². The number of rotatable bonds is 5. The maximum absolute atomic E-state index is 11.9. The van der Waals surface area contributed by atoms with Crippen molar-refractivity contribution in [2.24, 2.45) is 0 Å². The number of anilines is 1. The number of amides is 1. The van der Waals surface area contributed by atoms with Crippen LogP contribution in [0, 0.1) is 0 Å². The zero-order valence-electron chi connectivity index (χ0n) is 11.5. The van der Waals surface area contributed by atoms with E-state index >= 15 is 0 Å². The van der Waals surface area contributed by atoms with Crippen molar-refractivity contribution in [1.82, 2.24) is 0 Å². The summed E-state index contributed by atoms with van der Waals surface area (Å²) in [5.74, 6) is 0.795. The van der Waals surface area contributed by atoms with Gasteiger partial charge in [0.15, 0.2) is 6.61 Å². The Morgan fingerprint density at radius 1 is 1.05 bits per heavy atom. The van der Waals surface area contributed by atoms with Crippen LogP contribution in [0.5, 0.6) is 11.5 Å². The second kappa shape index (κ2) is 7.58. The Hall–Kier alpha value is -1.62. The first-order valence-corrected chi connectivity index (χ1v) is 7.34. The predicted molar refractivity (Wildman–Crippen MR) is 88.6 cm³/mol. The monoisotopic (exact) mass is 359 g/mol. The van der Waals surface area contributed by atoms with Crippen molar-refractivity contribution < 1.29 is 14.3 Å². The summed E-state index contributed by atoms with van der Waals surface area (Å²) in [6, 6.07) is 9.89. The standard InChI is InChI=1S/C15H12Cl3NO3/c1-21-9-3-2-4-10(5-9)22-8-15(20)19-14-7-12(17)11(16)6-13(14)18/h2-7H,8H2,1H3,(H,19,20). The molecule has 2 aromatic rings. The van der Waals surface area contributed by atoms with Gasteiger partial charge in [-0.2, -0.15) is 0 Å². The number of carbonyl (C=O) groups excluding carboxylic acids is 1. The molecule has 0 radical (unpaired) electrons. The fourth-order valence-corrected chi connectivity index (χ4v) is 2.24. The van der Waals surface area contributed by atoms with Crippen LogP contribution in [0.15, 0.2) is 36.4 Å². The molecule has 0 unspecified atom stereocenters. The fourth-order valence-electron chi connectivity index (χ4n) is 1.64. The summed E-state index contributed by atoms with van der Waals surface area (Å²) in [5.41, 5.74) is 0.371. The first-order valence-electron chi connectivity index (χ1n) is 6.21. The van der Waals surface area contributed by atoms with Crippen molar-refractivity contribution in [3.8, 4) is 11.5 Å². The number of benzene rings is 2. The molecule has 0 aliphatic carbocycles. The molecule has 0 saturated heterocycles. The Kier molecular flexibility index (Phi) is 5.77. The second-order valence-corrected chi connectivity index (χ2v) is 5.48. The topological polar surface area (TPSA) is 47.6 Å². The second-order valence-electron chi connectivity index (χ2n) is 4.26. The van der Waals surface area contributed by atoms with Crippen LogP contribution >= 0.6 is 34.8 Å². The molecule has 0 aliphatic rings. The molecule has 0 heterocycles. The molecule has 0 saturated carbocycles. The lowest BCUT2D eigenvalue weighted by atomic mass is 10.3. The van der Waals surface area contributed by atoms with E-state index in [1.165, 1.54) is 12.1 Å². The number of carbonyl (C=O) groups is 1. The largest absolute Gasteiger partial charge is 0.497 e. The molecule has 0 bridgehead atoms. The third-order valence-corrected chi connectivity index (χ3v) is 3.73. The molecule has 2 aromatic carbocycles. The van der Waals surface area contributed by atoms with Gasteiger partial charge in [0.25, 0.3) is 5.91 Å². The smallest absolute Gasteiger partial charge is 0.262 e. The Bertz CT molecular complexity index is 692. The van der Waals surface area contributed by atoms with Gasteiger partial charge < -0.3 is 14.8 Å². The molecule has 0 fully saturated rings. The molecular formula is C15H12Cl3NO3. The third kappa shape index (κ3) is 4.44. The zero-order chi connectivity index (χ0) is 16.1. The van der Waals surface area contributed by atoms with Crippen LogP contribution in [0.3, 0.4) is 0 Å². The van der Waals surface area contributed by atoms with Crippen molar-refractivity contribution >= 4 is 46.4 Å². The van der Waals surface area contributed by atoms with Crippen molar-refractivity contribution in [3.63, 3.8) is 0 Å². The molecule has 1 N–H and O–H groups in total. The summed E-state index contributed by atoms with van der Waals surface area (Å²) in [5, 5.41) is 3.52. The van der Waals surface area contributed by atoms with Crippen LogP contribution < -0.4 is 14.8 Å². The molecule has 0 atom stereocenters. The average Bonchev–Trinajstić information content (AvgIpc) is 2.51. The Morgan fingerprint density at radius 2 is 1.73 bits per heavy atom. The van der Waals surface area contributed by atoms with Crippen molar-refractivity contribution in [1.29, 1.82) is 0 Å². The molecule has 22 heavy (non-hydrogen) atoms. The molecule has 0 aromatic heterocycles. The number of nitrogens with one attached hydrogen (secondary N) is 1. The third-order valence-electron chi connectivity index (χ3n) is 2.70. The molecule has 0 spiro atoms. The summed E-state index contributed by atoms with van der Waals surface area (Å²) in [7, 11) is 1.55. The van der Waals surface area contributed by atoms with Gasteiger partial charge in [-0.15, -0.1) is 0 Å². The number of hydrogen-bond donors (Lipinski definition) is 1. The zero-order valence-corrected chi connectivity index (χ0v) is 13.8. The average molecular weight is 361 g/mol. The van der Waals surface area contributed by atoms with Crippen LogP contribution in [0.2, 0.25) is 15.1 Å². The van der Waals surface area contributed by atoms with E-state index in [9.17, 15) is 4.79 Å². The van der Waals surface area contributed by atoms with Gasteiger partial charge >= 0.3 is 0 Å². The number of halogens is 3. The highest BCUT2D eigenvalue weighted by atomic mass is 35.5. The van der Waals surface area contributed by atoms with E-state index in [4.69, 9.17) is 44.3 Å². The fraction of sp³-hybridized carbons (Fsp3) is 0.133. The lowest BCUT2D eigenvalue weighted by Crippen LogP contribution is -2.20. The van der Waals surface area contributed by atoms with Gasteiger partial charge in [0.05, 0.1) is 27.9 Å². The molecule has 1 amide bonds. The van der Waals surface area contributed by atoms with E-state index in [-0.39, 0.29) is 12.5 Å². The number of methoxy groups -OCH3 is 1. The first-order chi connectivity index (χ1) is 10.5. The highest BCUT2D eigenvalue weighted by molar-refractivity contribution is 6.44. The van der Waals surface area contributed by atoms with Gasteiger partial charge in [-0.1, -0.05) is 40.9 Å². The van der Waals surface area contributed by atoms with Gasteiger partial charge in [0.1, 0.15) is 11.5 Å². The van der Waals surface area contributed by atoms with Crippen LogP contribution in [-0.2, 0) is 4.79 Å². The molecule has 2 rings (SSSR count). The molecule has 4 nitrogen and oxygen atoms in total. The lowest BCUT2D eigenvalue weighted by Gasteiger charge is -2.10. The van der Waals surface area contributed by atoms with E-state index in [2.05, 4.69) is 5.32 Å². The molecule has 7 heteroatoms. The lowest BCUT2D eigenvalue weighted by molar-refractivity contribution is -0.118. The van der Waals surface area contributed by atoms with E-state index in [0.717, 1.165) is 0 Å². The normalized spacial score (nSPS) is 10.2. The SMILES string of the molecule is COc1cccc(OCC(=O)Nc2cc(Cl)c(Cl)cc2Cl)c1. The minimum Gasteiger partial charge on any atom is -0.497 e. The Morgan fingerprint density at radius 3 is 2.45 bits per heavy atom. The Balaban J connectivity index is 1.97. The summed E-state index contributed by atoms with van der Waals surface area (Å²) in [6.45, 7) is -0.177. The summed E-state index contributed by atoms with van der Waals surface area (Å²) in [6.07, 6.45) is 0.